The molecule has 1 atom stereocenters. The van der Waals surface area contributed by atoms with E-state index in [0.717, 1.165) is 5.56 Å². The summed E-state index contributed by atoms with van der Waals surface area (Å²) < 4.78 is 21.6. The lowest BCUT2D eigenvalue weighted by molar-refractivity contribution is 0.100. The van der Waals surface area contributed by atoms with Crippen molar-refractivity contribution < 1.29 is 13.2 Å². The standard InChI is InChI=1S/C11H12ClIO3S/c1-3-17(15,16)11(12,13)10(14)9-6-4-8(2)5-7-9/h4-7H,3H2,1-2H3/t11-/m1/s1. The highest BCUT2D eigenvalue weighted by Crippen LogP contribution is 2.35. The van der Waals surface area contributed by atoms with Crippen LogP contribution in [0.4, 0.5) is 0 Å². The van der Waals surface area contributed by atoms with Crippen molar-refractivity contribution >= 4 is 49.8 Å². The Morgan fingerprint density at radius 1 is 1.35 bits per heavy atom. The largest absolute Gasteiger partial charge is 0.290 e. The van der Waals surface area contributed by atoms with Crippen LogP contribution >= 0.6 is 34.2 Å². The highest BCUT2D eigenvalue weighted by Gasteiger charge is 2.45. The van der Waals surface area contributed by atoms with E-state index in [1.807, 2.05) is 6.92 Å². The summed E-state index contributed by atoms with van der Waals surface area (Å²) in [5, 5.41) is 0. The molecular weight excluding hydrogens is 375 g/mol. The third-order valence-electron chi connectivity index (χ3n) is 2.35. The molecule has 3 nitrogen and oxygen atoms in total. The van der Waals surface area contributed by atoms with E-state index in [1.165, 1.54) is 29.5 Å². The fourth-order valence-corrected chi connectivity index (χ4v) is 3.64. The van der Waals surface area contributed by atoms with Crippen molar-refractivity contribution in [2.24, 2.45) is 0 Å². The quantitative estimate of drug-likeness (QED) is 0.454. The van der Waals surface area contributed by atoms with Gasteiger partial charge in [-0.1, -0.05) is 48.4 Å². The zero-order valence-electron chi connectivity index (χ0n) is 9.41. The van der Waals surface area contributed by atoms with E-state index in [1.54, 1.807) is 24.3 Å². The summed E-state index contributed by atoms with van der Waals surface area (Å²) in [4.78, 5) is 12.1. The van der Waals surface area contributed by atoms with Crippen molar-refractivity contribution in [1.82, 2.24) is 0 Å². The Morgan fingerprint density at radius 2 is 1.82 bits per heavy atom. The summed E-state index contributed by atoms with van der Waals surface area (Å²) in [6.45, 7) is 3.35. The summed E-state index contributed by atoms with van der Waals surface area (Å²) in [6, 6.07) is 6.65. The van der Waals surface area contributed by atoms with Gasteiger partial charge in [0.25, 0.3) is 2.21 Å². The molecule has 0 spiro atoms. The number of carbonyl (C=O) groups excluding carboxylic acids is 1. The molecule has 0 aromatic heterocycles. The second-order valence-electron chi connectivity index (χ2n) is 3.62. The molecule has 0 radical (unpaired) electrons. The molecule has 0 amide bonds. The van der Waals surface area contributed by atoms with E-state index < -0.39 is 17.8 Å². The highest BCUT2D eigenvalue weighted by molar-refractivity contribution is 14.1. The number of ketones is 1. The van der Waals surface area contributed by atoms with Crippen LogP contribution in [-0.4, -0.2) is 22.2 Å². The number of carbonyl (C=O) groups is 1. The molecule has 0 fully saturated rings. The molecule has 0 N–H and O–H groups in total. The zero-order chi connectivity index (χ0) is 13.3. The predicted octanol–water partition coefficient (Wildman–Crippen LogP) is 2.94. The van der Waals surface area contributed by atoms with Gasteiger partial charge in [-0.3, -0.25) is 4.79 Å². The molecule has 0 aliphatic carbocycles. The average Bonchev–Trinajstić information content (AvgIpc) is 2.28. The molecular formula is C11H12ClIO3S. The van der Waals surface area contributed by atoms with E-state index in [2.05, 4.69) is 0 Å². The Kier molecular flexibility index (Phi) is 4.60. The first-order valence-corrected chi connectivity index (χ1v) is 8.05. The smallest absolute Gasteiger partial charge is 0.257 e. The van der Waals surface area contributed by atoms with Gasteiger partial charge in [0.05, 0.1) is 5.75 Å². The molecule has 0 aliphatic heterocycles. The number of alkyl halides is 2. The fourth-order valence-electron chi connectivity index (χ4n) is 1.20. The molecule has 0 aliphatic rings. The molecule has 0 unspecified atom stereocenters. The van der Waals surface area contributed by atoms with Crippen molar-refractivity contribution in [3.8, 4) is 0 Å². The molecule has 0 bridgehead atoms. The lowest BCUT2D eigenvalue weighted by atomic mass is 10.1. The van der Waals surface area contributed by atoms with Crippen LogP contribution in [0.5, 0.6) is 0 Å². The Morgan fingerprint density at radius 3 is 2.24 bits per heavy atom. The van der Waals surface area contributed by atoms with Crippen LogP contribution < -0.4 is 0 Å². The molecule has 1 rings (SSSR count). The number of hydrogen-bond acceptors (Lipinski definition) is 3. The molecule has 17 heavy (non-hydrogen) atoms. The van der Waals surface area contributed by atoms with Gasteiger partial charge in [-0.05, 0) is 29.5 Å². The zero-order valence-corrected chi connectivity index (χ0v) is 13.1. The first-order valence-electron chi connectivity index (χ1n) is 4.94. The Balaban J connectivity index is 3.18. The lowest BCUT2D eigenvalue weighted by Gasteiger charge is -2.18. The van der Waals surface area contributed by atoms with Crippen molar-refractivity contribution in [3.63, 3.8) is 0 Å². The summed E-state index contributed by atoms with van der Waals surface area (Å²) in [7, 11) is -3.65. The number of rotatable bonds is 4. The summed E-state index contributed by atoms with van der Waals surface area (Å²) >= 11 is 7.39. The van der Waals surface area contributed by atoms with Crippen molar-refractivity contribution in [1.29, 1.82) is 0 Å². The Labute approximate surface area is 120 Å². The molecule has 1 aromatic rings. The summed E-state index contributed by atoms with van der Waals surface area (Å²) in [6.07, 6.45) is 0. The molecule has 0 saturated carbocycles. The van der Waals surface area contributed by atoms with Crippen LogP contribution in [0.1, 0.15) is 22.8 Å². The van der Waals surface area contributed by atoms with E-state index >= 15 is 0 Å². The number of hydrogen-bond donors (Lipinski definition) is 0. The van der Waals surface area contributed by atoms with Crippen LogP contribution in [0.2, 0.25) is 0 Å². The van der Waals surface area contributed by atoms with Gasteiger partial charge in [-0.2, -0.15) is 0 Å². The van der Waals surface area contributed by atoms with Crippen LogP contribution in [0.3, 0.4) is 0 Å². The molecule has 1 aromatic carbocycles. The van der Waals surface area contributed by atoms with Gasteiger partial charge in [-0.25, -0.2) is 8.42 Å². The number of aryl methyl sites for hydroxylation is 1. The highest BCUT2D eigenvalue weighted by atomic mass is 127. The number of Topliss-reactive ketones (excluding diaryl/α,β-unsaturated/α-hetero) is 1. The van der Waals surface area contributed by atoms with Gasteiger partial charge in [0.2, 0.25) is 5.78 Å². The molecule has 6 heteroatoms. The lowest BCUT2D eigenvalue weighted by Crippen LogP contribution is -2.36. The number of halogens is 2. The first kappa shape index (κ1) is 14.9. The second-order valence-corrected chi connectivity index (χ2v) is 9.81. The van der Waals surface area contributed by atoms with Gasteiger partial charge in [0.1, 0.15) is 0 Å². The maximum atomic E-state index is 12.1. The predicted molar refractivity (Wildman–Crippen MR) is 77.6 cm³/mol. The SMILES string of the molecule is CCS(=O)(=O)[C@](Cl)(I)C(=O)c1ccc(C)cc1. The second kappa shape index (κ2) is 5.24. The van der Waals surface area contributed by atoms with Gasteiger partial charge in [-0.15, -0.1) is 0 Å². The Hall–Kier alpha value is -0.140. The van der Waals surface area contributed by atoms with Crippen LogP contribution in [-0.2, 0) is 9.84 Å². The molecule has 0 heterocycles. The molecule has 94 valence electrons. The van der Waals surface area contributed by atoms with E-state index in [-0.39, 0.29) is 5.75 Å². The van der Waals surface area contributed by atoms with Gasteiger partial charge in [0.15, 0.2) is 9.84 Å². The normalized spacial score (nSPS) is 15.3. The van der Waals surface area contributed by atoms with E-state index in [9.17, 15) is 13.2 Å². The third-order valence-corrected chi connectivity index (χ3v) is 7.46. The van der Waals surface area contributed by atoms with Gasteiger partial charge >= 0.3 is 0 Å². The topological polar surface area (TPSA) is 51.2 Å². The number of benzene rings is 1. The average molecular weight is 387 g/mol. The fraction of sp³-hybridized carbons (Fsp3) is 0.364. The van der Waals surface area contributed by atoms with Crippen LogP contribution in [0, 0.1) is 6.92 Å². The van der Waals surface area contributed by atoms with Gasteiger partial charge in [0, 0.05) is 5.56 Å². The maximum Gasteiger partial charge on any atom is 0.257 e. The summed E-state index contributed by atoms with van der Waals surface area (Å²) in [5.74, 6) is -0.765. The van der Waals surface area contributed by atoms with Crippen molar-refractivity contribution in [3.05, 3.63) is 35.4 Å². The van der Waals surface area contributed by atoms with Gasteiger partial charge < -0.3 is 0 Å². The Bertz CT molecular complexity index is 520. The minimum atomic E-state index is -3.65. The van der Waals surface area contributed by atoms with E-state index in [4.69, 9.17) is 11.6 Å². The first-order chi connectivity index (χ1) is 7.72. The van der Waals surface area contributed by atoms with E-state index in [0.29, 0.717) is 5.56 Å². The monoisotopic (exact) mass is 386 g/mol. The minimum absolute atomic E-state index is 0.170. The minimum Gasteiger partial charge on any atom is -0.290 e. The molecule has 0 saturated heterocycles. The summed E-state index contributed by atoms with van der Waals surface area (Å²) in [5.41, 5.74) is 1.30. The van der Waals surface area contributed by atoms with Crippen LogP contribution in [0.25, 0.3) is 0 Å². The van der Waals surface area contributed by atoms with Crippen molar-refractivity contribution in [2.45, 2.75) is 16.1 Å². The maximum absolute atomic E-state index is 12.1. The number of sulfone groups is 1. The van der Waals surface area contributed by atoms with Crippen LogP contribution in [0.15, 0.2) is 24.3 Å². The third kappa shape index (κ3) is 3.00. The van der Waals surface area contributed by atoms with Crippen molar-refractivity contribution in [2.75, 3.05) is 5.75 Å².